The van der Waals surface area contributed by atoms with Gasteiger partial charge in [0.15, 0.2) is 11.5 Å². The third kappa shape index (κ3) is 7.56. The second-order valence-corrected chi connectivity index (χ2v) is 11.8. The summed E-state index contributed by atoms with van der Waals surface area (Å²) in [5.41, 5.74) is 0.610. The number of nitrogens with one attached hydrogen (secondary N) is 1. The molecule has 0 radical (unpaired) electrons. The van der Waals surface area contributed by atoms with Crippen LogP contribution in [0.1, 0.15) is 12.5 Å². The number of amides is 2. The van der Waals surface area contributed by atoms with Crippen molar-refractivity contribution < 1.29 is 37.0 Å². The molecule has 0 aliphatic carbocycles. The Labute approximate surface area is 261 Å². The first-order valence-corrected chi connectivity index (χ1v) is 15.0. The molecule has 14 heteroatoms. The van der Waals surface area contributed by atoms with Crippen LogP contribution in [0.4, 0.5) is 5.69 Å². The van der Waals surface area contributed by atoms with Gasteiger partial charge in [0, 0.05) is 25.7 Å². The Morgan fingerprint density at radius 3 is 2.07 bits per heavy atom. The van der Waals surface area contributed by atoms with Crippen molar-refractivity contribution in [2.75, 3.05) is 46.3 Å². The van der Waals surface area contributed by atoms with Crippen LogP contribution in [0, 0.1) is 0 Å². The molecule has 0 fully saturated rings. The third-order valence-electron chi connectivity index (χ3n) is 6.63. The Kier molecular flexibility index (Phi) is 11.4. The van der Waals surface area contributed by atoms with Gasteiger partial charge in [-0.25, -0.2) is 8.42 Å². The number of carbonyl (C=O) groups excluding carboxylic acids is 2. The molecule has 0 spiro atoms. The zero-order valence-corrected chi connectivity index (χ0v) is 26.8. The van der Waals surface area contributed by atoms with E-state index in [1.807, 2.05) is 0 Å². The SMILES string of the molecule is CNC(=O)[C@@H](C)N(Cc1ccc(Cl)c(Cl)c1)C(=O)CN(c1cc(OC)ccc1OC)S(=O)(=O)c1ccc(OC)c(OC)c1. The fraction of sp³-hybridized carbons (Fsp3) is 0.310. The number of nitrogens with zero attached hydrogens (tertiary/aromatic N) is 2. The summed E-state index contributed by atoms with van der Waals surface area (Å²) in [6.07, 6.45) is 0. The van der Waals surface area contributed by atoms with Gasteiger partial charge in [0.1, 0.15) is 24.1 Å². The van der Waals surface area contributed by atoms with Crippen LogP contribution in [-0.4, -0.2) is 73.2 Å². The van der Waals surface area contributed by atoms with Crippen LogP contribution >= 0.6 is 23.2 Å². The van der Waals surface area contributed by atoms with E-state index in [-0.39, 0.29) is 33.6 Å². The first kappa shape index (κ1) is 33.6. The molecule has 43 heavy (non-hydrogen) atoms. The molecule has 11 nitrogen and oxygen atoms in total. The monoisotopic (exact) mass is 653 g/mol. The van der Waals surface area contributed by atoms with Crippen LogP contribution in [0.25, 0.3) is 0 Å². The fourth-order valence-corrected chi connectivity index (χ4v) is 5.99. The predicted molar refractivity (Wildman–Crippen MR) is 164 cm³/mol. The molecule has 0 saturated heterocycles. The average Bonchev–Trinajstić information content (AvgIpc) is 3.02. The van der Waals surface area contributed by atoms with Gasteiger partial charge in [-0.15, -0.1) is 0 Å². The molecule has 3 aromatic rings. The highest BCUT2D eigenvalue weighted by Crippen LogP contribution is 2.38. The van der Waals surface area contributed by atoms with Gasteiger partial charge in [-0.1, -0.05) is 29.3 Å². The number of rotatable bonds is 13. The first-order chi connectivity index (χ1) is 20.4. The minimum atomic E-state index is -4.46. The highest BCUT2D eigenvalue weighted by atomic mass is 35.5. The van der Waals surface area contributed by atoms with Crippen LogP contribution in [0.15, 0.2) is 59.5 Å². The number of hydrogen-bond donors (Lipinski definition) is 1. The molecule has 0 aliphatic heterocycles. The Morgan fingerprint density at radius 1 is 0.837 bits per heavy atom. The Hall–Kier alpha value is -3.87. The topological polar surface area (TPSA) is 124 Å². The number of carbonyl (C=O) groups is 2. The van der Waals surface area contributed by atoms with E-state index in [4.69, 9.17) is 42.1 Å². The summed E-state index contributed by atoms with van der Waals surface area (Å²) in [7, 11) is 2.58. The van der Waals surface area contributed by atoms with Crippen molar-refractivity contribution >= 4 is 50.7 Å². The van der Waals surface area contributed by atoms with Crippen molar-refractivity contribution in [2.24, 2.45) is 0 Å². The molecule has 1 N–H and O–H groups in total. The standard InChI is InChI=1S/C29H33Cl2N3O8S/c1-18(29(36)32-2)33(16-19-7-10-22(30)23(31)13-19)28(35)17-34(24-14-20(39-3)8-11-25(24)40-4)43(37,38)21-9-12-26(41-5)27(15-21)42-6/h7-15,18H,16-17H2,1-6H3,(H,32,36)/t18-/m1/s1. The largest absolute Gasteiger partial charge is 0.497 e. The lowest BCUT2D eigenvalue weighted by molar-refractivity contribution is -0.139. The molecule has 1 atom stereocenters. The maximum Gasteiger partial charge on any atom is 0.265 e. The molecule has 232 valence electrons. The smallest absolute Gasteiger partial charge is 0.265 e. The minimum absolute atomic E-state index is 0.0343. The van der Waals surface area contributed by atoms with Gasteiger partial charge < -0.3 is 29.2 Å². The van der Waals surface area contributed by atoms with Crippen LogP contribution in [0.3, 0.4) is 0 Å². The molecule has 0 heterocycles. The zero-order valence-electron chi connectivity index (χ0n) is 24.5. The van der Waals surface area contributed by atoms with E-state index in [2.05, 4.69) is 5.32 Å². The highest BCUT2D eigenvalue weighted by molar-refractivity contribution is 7.92. The second kappa shape index (κ2) is 14.5. The lowest BCUT2D eigenvalue weighted by Gasteiger charge is -2.32. The normalized spacial score (nSPS) is 11.7. The minimum Gasteiger partial charge on any atom is -0.497 e. The summed E-state index contributed by atoms with van der Waals surface area (Å²) in [5.74, 6) is -0.176. The van der Waals surface area contributed by atoms with E-state index >= 15 is 0 Å². The summed E-state index contributed by atoms with van der Waals surface area (Å²) >= 11 is 12.3. The number of anilines is 1. The maximum absolute atomic E-state index is 14.3. The molecular weight excluding hydrogens is 621 g/mol. The van der Waals surface area contributed by atoms with Crippen LogP contribution in [0.5, 0.6) is 23.0 Å². The number of benzene rings is 3. The fourth-order valence-electron chi connectivity index (χ4n) is 4.24. The molecule has 0 aromatic heterocycles. The zero-order chi connectivity index (χ0) is 31.9. The number of ether oxygens (including phenoxy) is 4. The molecule has 0 unspecified atom stereocenters. The number of hydrogen-bond acceptors (Lipinski definition) is 8. The molecule has 3 aromatic carbocycles. The van der Waals surface area contributed by atoms with Crippen molar-refractivity contribution in [2.45, 2.75) is 24.4 Å². The van der Waals surface area contributed by atoms with E-state index in [9.17, 15) is 18.0 Å². The van der Waals surface area contributed by atoms with Crippen molar-refractivity contribution in [3.63, 3.8) is 0 Å². The van der Waals surface area contributed by atoms with Crippen molar-refractivity contribution in [1.29, 1.82) is 0 Å². The average molecular weight is 655 g/mol. The van der Waals surface area contributed by atoms with Crippen molar-refractivity contribution in [1.82, 2.24) is 10.2 Å². The summed E-state index contributed by atoms with van der Waals surface area (Å²) in [6, 6.07) is 12.4. The van der Waals surface area contributed by atoms with Crippen LogP contribution in [0.2, 0.25) is 10.0 Å². The van der Waals surface area contributed by atoms with E-state index in [0.717, 1.165) is 4.31 Å². The molecule has 3 rings (SSSR count). The number of methoxy groups -OCH3 is 4. The molecular formula is C29H33Cl2N3O8S. The second-order valence-electron chi connectivity index (χ2n) is 9.13. The van der Waals surface area contributed by atoms with Crippen LogP contribution in [-0.2, 0) is 26.2 Å². The van der Waals surface area contributed by atoms with Crippen molar-refractivity contribution in [3.8, 4) is 23.0 Å². The van der Waals surface area contributed by atoms with Gasteiger partial charge in [-0.2, -0.15) is 0 Å². The number of sulfonamides is 1. The Balaban J connectivity index is 2.18. The maximum atomic E-state index is 14.3. The van der Waals surface area contributed by atoms with Gasteiger partial charge >= 0.3 is 0 Å². The summed E-state index contributed by atoms with van der Waals surface area (Å²) < 4.78 is 50.9. The van der Waals surface area contributed by atoms with E-state index in [1.165, 1.54) is 77.6 Å². The molecule has 0 aliphatic rings. The van der Waals surface area contributed by atoms with Gasteiger partial charge in [-0.05, 0) is 48.9 Å². The first-order valence-electron chi connectivity index (χ1n) is 12.8. The van der Waals surface area contributed by atoms with Crippen LogP contribution < -0.4 is 28.6 Å². The van der Waals surface area contributed by atoms with E-state index in [1.54, 1.807) is 24.3 Å². The van der Waals surface area contributed by atoms with Gasteiger partial charge in [-0.3, -0.25) is 13.9 Å². The lowest BCUT2D eigenvalue weighted by Crippen LogP contribution is -2.50. The quantitative estimate of drug-likeness (QED) is 0.288. The highest BCUT2D eigenvalue weighted by Gasteiger charge is 2.34. The van der Waals surface area contributed by atoms with Crippen molar-refractivity contribution in [3.05, 3.63) is 70.2 Å². The molecule has 2 amide bonds. The van der Waals surface area contributed by atoms with E-state index in [0.29, 0.717) is 22.1 Å². The molecule has 0 saturated carbocycles. The van der Waals surface area contributed by atoms with E-state index < -0.39 is 34.4 Å². The van der Waals surface area contributed by atoms with Gasteiger partial charge in [0.05, 0.1) is 49.1 Å². The Bertz CT molecular complexity index is 1590. The Morgan fingerprint density at radius 2 is 1.49 bits per heavy atom. The molecule has 0 bridgehead atoms. The van der Waals surface area contributed by atoms with Gasteiger partial charge in [0.25, 0.3) is 10.0 Å². The number of likely N-dealkylation sites (N-methyl/N-ethyl adjacent to an activating group) is 1. The summed E-state index contributed by atoms with van der Waals surface area (Å²) in [6.45, 7) is 0.764. The summed E-state index contributed by atoms with van der Waals surface area (Å²) in [4.78, 5) is 27.8. The lowest BCUT2D eigenvalue weighted by atomic mass is 10.1. The number of halogens is 2. The predicted octanol–water partition coefficient (Wildman–Crippen LogP) is 4.39. The van der Waals surface area contributed by atoms with Gasteiger partial charge in [0.2, 0.25) is 11.8 Å². The third-order valence-corrected chi connectivity index (χ3v) is 9.12. The summed E-state index contributed by atoms with van der Waals surface area (Å²) in [5, 5.41) is 3.11.